The average molecular weight is 936 g/mol. The summed E-state index contributed by atoms with van der Waals surface area (Å²) in [6.07, 6.45) is 0.293. The van der Waals surface area contributed by atoms with Gasteiger partial charge in [0.05, 0.1) is 42.8 Å². The molecule has 0 aromatic heterocycles. The molecule has 0 radical (unpaired) electrons. The van der Waals surface area contributed by atoms with Crippen LogP contribution in [0, 0.1) is 0 Å². The molecule has 10 atom stereocenters. The lowest BCUT2D eigenvalue weighted by Gasteiger charge is -2.36. The van der Waals surface area contributed by atoms with E-state index >= 15 is 0 Å². The molecule has 4 aliphatic heterocycles. The molecule has 5 aliphatic rings. The van der Waals surface area contributed by atoms with Crippen molar-refractivity contribution in [2.24, 2.45) is 0 Å². The molecule has 0 bridgehead atoms. The van der Waals surface area contributed by atoms with E-state index in [4.69, 9.17) is 0 Å². The molecule has 1 aliphatic carbocycles. The van der Waals surface area contributed by atoms with Crippen LogP contribution in [-0.2, 0) is 53.8 Å². The zero-order valence-corrected chi connectivity index (χ0v) is 36.5. The number of rotatable bonds is 15. The van der Waals surface area contributed by atoms with Crippen LogP contribution >= 0.6 is 0 Å². The first kappa shape index (κ1) is 50.2. The topological polar surface area (TPSA) is 358 Å². The van der Waals surface area contributed by atoms with Crippen molar-refractivity contribution in [3.8, 4) is 0 Å². The molecule has 0 spiro atoms. The third kappa shape index (κ3) is 13.1. The van der Waals surface area contributed by atoms with Crippen molar-refractivity contribution in [2.75, 3.05) is 44.2 Å². The minimum atomic E-state index is -5.01. The van der Waals surface area contributed by atoms with Gasteiger partial charge >= 0.3 is 0 Å². The Morgan fingerprint density at radius 3 is 1.52 bits per heavy atom. The van der Waals surface area contributed by atoms with Gasteiger partial charge in [0, 0.05) is 51.9 Å². The molecular weight excluding hydrogens is 877 g/mol. The quantitative estimate of drug-likeness (QED) is 0.0419. The number of nitrogens with zero attached hydrogens (tertiary/aromatic N) is 4. The van der Waals surface area contributed by atoms with Crippen LogP contribution < -0.4 is 16.0 Å². The van der Waals surface area contributed by atoms with Crippen LogP contribution in [0.25, 0.3) is 0 Å². The maximum Gasteiger partial charge on any atom is 0.267 e. The van der Waals surface area contributed by atoms with Crippen LogP contribution in [0.5, 0.6) is 0 Å². The molecule has 0 aromatic rings. The van der Waals surface area contributed by atoms with E-state index < -0.39 is 153 Å². The van der Waals surface area contributed by atoms with E-state index in [2.05, 4.69) is 16.0 Å². The number of hydrogen-bond acceptors (Lipinski definition) is 16. The monoisotopic (exact) mass is 935 g/mol. The summed E-state index contributed by atoms with van der Waals surface area (Å²) in [6.45, 7) is -2.30. The number of carbonyl (C=O) groups excluding carboxylic acids is 7. The second kappa shape index (κ2) is 20.6. The number of aliphatic hydroxyl groups is 4. The van der Waals surface area contributed by atoms with Gasteiger partial charge in [-0.15, -0.1) is 0 Å². The summed E-state index contributed by atoms with van der Waals surface area (Å²) in [4.78, 5) is 98.0. The van der Waals surface area contributed by atoms with E-state index in [1.54, 1.807) is 7.85 Å². The van der Waals surface area contributed by atoms with Crippen LogP contribution in [0.2, 0.25) is 0 Å². The molecule has 6 amide bonds. The number of nitrogens with one attached hydrogen (secondary N) is 3. The van der Waals surface area contributed by atoms with Crippen molar-refractivity contribution in [1.82, 2.24) is 35.6 Å². The van der Waals surface area contributed by atoms with Gasteiger partial charge in [0.1, 0.15) is 50.1 Å². The van der Waals surface area contributed by atoms with Crippen LogP contribution in [0.3, 0.4) is 0 Å². The standard InChI is InChI=1S/C36H58BN7O17S2/c37-36(6-4-2-1-3-5-7-36)40-26(19-63(59,60)61)32(52)39-25(18-62(56,57)58)31(51)38-12-30(50)42-14-22(47)9-27(42)34(54)44-16-24(49)11-29(44)35(55)43-15-23(48)10-28(43)33(53)41-13-21(46)8-20(41)17-45/h17,20-29,40,46-49H,1-16,18-19,37H2,(H,38,51)(H,39,52)(H,56,57,58)(H,59,60,61). The van der Waals surface area contributed by atoms with Crippen molar-refractivity contribution in [3.63, 3.8) is 0 Å². The molecule has 10 unspecified atom stereocenters. The van der Waals surface area contributed by atoms with Crippen molar-refractivity contribution in [2.45, 2.75) is 137 Å². The number of β-amino-alcohol motifs (C(OH)–C–C–N with tert-alkyl or cyclic N) is 4. The van der Waals surface area contributed by atoms with Gasteiger partial charge in [0.15, 0.2) is 0 Å². The summed E-state index contributed by atoms with van der Waals surface area (Å²) in [5.74, 6) is -8.50. The lowest BCUT2D eigenvalue weighted by molar-refractivity contribution is -0.152. The van der Waals surface area contributed by atoms with Gasteiger partial charge < -0.3 is 60.8 Å². The Morgan fingerprint density at radius 2 is 1.03 bits per heavy atom. The maximum atomic E-state index is 14.1. The van der Waals surface area contributed by atoms with Crippen molar-refractivity contribution in [3.05, 3.63) is 0 Å². The summed E-state index contributed by atoms with van der Waals surface area (Å²) in [7, 11) is -8.06. The Morgan fingerprint density at radius 1 is 0.619 bits per heavy atom. The Labute approximate surface area is 365 Å². The van der Waals surface area contributed by atoms with E-state index in [0.717, 1.165) is 51.7 Å². The molecule has 1 saturated carbocycles. The SMILES string of the molecule is BC1(NC(CS(=O)(=O)O)C(=O)NC(CS(=O)(=O)O)C(=O)NCC(=O)N2CC(O)CC2C(=O)N2CC(O)CC2C(=O)N2CC(O)CC2C(=O)N2CC(O)CC2C=O)CCCCCCC1. The first-order valence-electron chi connectivity index (χ1n) is 21.0. The largest absolute Gasteiger partial charge is 0.391 e. The second-order valence-corrected chi connectivity index (χ2v) is 20.6. The molecule has 5 rings (SSSR count). The molecule has 9 N–H and O–H groups in total. The lowest BCUT2D eigenvalue weighted by Crippen LogP contribution is -2.62. The zero-order valence-electron chi connectivity index (χ0n) is 34.9. The smallest absolute Gasteiger partial charge is 0.267 e. The molecule has 63 heavy (non-hydrogen) atoms. The minimum absolute atomic E-state index is 0.0131. The maximum absolute atomic E-state index is 14.1. The number of amides is 6. The van der Waals surface area contributed by atoms with E-state index in [1.807, 2.05) is 0 Å². The Balaban J connectivity index is 1.27. The fourth-order valence-corrected chi connectivity index (χ4v) is 10.7. The van der Waals surface area contributed by atoms with Crippen LogP contribution in [0.4, 0.5) is 0 Å². The third-order valence-corrected chi connectivity index (χ3v) is 13.9. The number of carbonyl (C=O) groups is 7. The van der Waals surface area contributed by atoms with Crippen LogP contribution in [0.15, 0.2) is 0 Å². The van der Waals surface area contributed by atoms with Crippen LogP contribution in [0.1, 0.15) is 70.6 Å². The second-order valence-electron chi connectivity index (χ2n) is 17.6. The summed E-state index contributed by atoms with van der Waals surface area (Å²) in [6, 6.07) is -8.86. The van der Waals surface area contributed by atoms with Crippen molar-refractivity contribution >= 4 is 69.8 Å². The number of hydrogen-bond donors (Lipinski definition) is 9. The summed E-state index contributed by atoms with van der Waals surface area (Å²) in [5.41, 5.74) is -0.784. The van der Waals surface area contributed by atoms with E-state index in [9.17, 15) is 79.9 Å². The van der Waals surface area contributed by atoms with Gasteiger partial charge in [-0.25, -0.2) is 0 Å². The molecule has 27 heteroatoms. The van der Waals surface area contributed by atoms with Crippen LogP contribution in [-0.4, -0.2) is 226 Å². The lowest BCUT2D eigenvalue weighted by atomic mass is 9.69. The summed E-state index contributed by atoms with van der Waals surface area (Å²) in [5, 5.41) is 49.0. The molecule has 4 heterocycles. The highest BCUT2D eigenvalue weighted by atomic mass is 32.2. The Kier molecular flexibility index (Phi) is 16.4. The normalized spacial score (nSPS) is 30.0. The van der Waals surface area contributed by atoms with Crippen molar-refractivity contribution in [1.29, 1.82) is 0 Å². The van der Waals surface area contributed by atoms with Gasteiger partial charge in [-0.05, 0) is 18.3 Å². The van der Waals surface area contributed by atoms with Gasteiger partial charge in [0.2, 0.25) is 35.4 Å². The molecule has 24 nitrogen and oxygen atoms in total. The predicted octanol–water partition coefficient (Wildman–Crippen LogP) is -6.56. The van der Waals surface area contributed by atoms with Gasteiger partial charge in [-0.3, -0.25) is 37.9 Å². The number of likely N-dealkylation sites (tertiary alicyclic amines) is 4. The van der Waals surface area contributed by atoms with E-state index in [0.29, 0.717) is 19.1 Å². The highest BCUT2D eigenvalue weighted by Crippen LogP contribution is 2.31. The molecule has 4 saturated heterocycles. The summed E-state index contributed by atoms with van der Waals surface area (Å²) < 4.78 is 67.2. The molecular formula is C36H58BN7O17S2. The van der Waals surface area contributed by atoms with Gasteiger partial charge in [0.25, 0.3) is 20.2 Å². The third-order valence-electron chi connectivity index (χ3n) is 12.4. The van der Waals surface area contributed by atoms with Gasteiger partial charge in [-0.2, -0.15) is 16.8 Å². The highest BCUT2D eigenvalue weighted by molar-refractivity contribution is 7.86. The predicted molar refractivity (Wildman–Crippen MR) is 219 cm³/mol. The summed E-state index contributed by atoms with van der Waals surface area (Å²) >= 11 is 0. The van der Waals surface area contributed by atoms with Crippen molar-refractivity contribution < 1.29 is 79.9 Å². The Hall–Kier alpha value is -3.83. The minimum Gasteiger partial charge on any atom is -0.391 e. The fourth-order valence-electron chi connectivity index (χ4n) is 9.40. The van der Waals surface area contributed by atoms with E-state index in [1.165, 1.54) is 0 Å². The van der Waals surface area contributed by atoms with Gasteiger partial charge in [-0.1, -0.05) is 32.1 Å². The first-order chi connectivity index (χ1) is 29.4. The zero-order chi connectivity index (χ0) is 46.6. The molecule has 354 valence electrons. The number of aldehydes is 1. The Bertz CT molecular complexity index is 1970. The highest BCUT2D eigenvalue weighted by Gasteiger charge is 2.51. The van der Waals surface area contributed by atoms with E-state index in [-0.39, 0.29) is 38.8 Å². The first-order valence-corrected chi connectivity index (χ1v) is 24.2. The fraction of sp³-hybridized carbons (Fsp3) is 0.806. The molecule has 0 aromatic carbocycles. The average Bonchev–Trinajstić information content (AvgIpc) is 3.97. The number of aliphatic hydroxyl groups excluding tert-OH is 4. The molecule has 5 fully saturated rings.